The third kappa shape index (κ3) is 3.17. The van der Waals surface area contributed by atoms with Gasteiger partial charge in [-0.15, -0.1) is 0 Å². The van der Waals surface area contributed by atoms with Gasteiger partial charge in [0.15, 0.2) is 5.65 Å². The van der Waals surface area contributed by atoms with E-state index in [2.05, 4.69) is 40.7 Å². The van der Waals surface area contributed by atoms with Crippen molar-refractivity contribution in [1.82, 2.24) is 14.5 Å². The fraction of sp³-hybridized carbons (Fsp3) is 0.333. The molecule has 0 aliphatic heterocycles. The average Bonchev–Trinajstić information content (AvgIpc) is 2.88. The quantitative estimate of drug-likeness (QED) is 0.655. The van der Waals surface area contributed by atoms with Crippen LogP contribution in [-0.2, 0) is 17.7 Å². The van der Waals surface area contributed by atoms with Gasteiger partial charge in [0.25, 0.3) is 0 Å². The molecule has 0 saturated carbocycles. The van der Waals surface area contributed by atoms with Crippen molar-refractivity contribution in [3.05, 3.63) is 59.5 Å². The molecule has 2 heterocycles. The summed E-state index contributed by atoms with van der Waals surface area (Å²) in [5.74, 6) is 1.08. The summed E-state index contributed by atoms with van der Waals surface area (Å²) in [7, 11) is 1.73. The van der Waals surface area contributed by atoms with Crippen LogP contribution in [0.4, 0.5) is 0 Å². The Morgan fingerprint density at radius 1 is 1.14 bits per heavy atom. The topological polar surface area (TPSA) is 39.9 Å². The van der Waals surface area contributed by atoms with Gasteiger partial charge < -0.3 is 9.30 Å². The Bertz CT molecular complexity index is 747. The first-order valence-electron chi connectivity index (χ1n) is 7.62. The zero-order valence-corrected chi connectivity index (χ0v) is 13.1. The Morgan fingerprint density at radius 2 is 1.95 bits per heavy atom. The van der Waals surface area contributed by atoms with Gasteiger partial charge in [0.2, 0.25) is 0 Å². The van der Waals surface area contributed by atoms with Crippen molar-refractivity contribution >= 4 is 11.2 Å². The van der Waals surface area contributed by atoms with Crippen LogP contribution in [0.1, 0.15) is 23.4 Å². The molecule has 0 fully saturated rings. The molecule has 3 rings (SSSR count). The maximum absolute atomic E-state index is 5.16. The van der Waals surface area contributed by atoms with Crippen LogP contribution in [0.3, 0.4) is 0 Å². The Morgan fingerprint density at radius 3 is 2.73 bits per heavy atom. The average molecular weight is 295 g/mol. The molecule has 0 aliphatic carbocycles. The summed E-state index contributed by atoms with van der Waals surface area (Å²) < 4.78 is 7.37. The number of benzene rings is 1. The summed E-state index contributed by atoms with van der Waals surface area (Å²) in [6.07, 6.45) is 3.69. The molecular weight excluding hydrogens is 274 g/mol. The van der Waals surface area contributed by atoms with Crippen LogP contribution in [0.25, 0.3) is 11.2 Å². The Balaban J connectivity index is 1.94. The van der Waals surface area contributed by atoms with Crippen LogP contribution in [0, 0.1) is 6.92 Å². The number of nitrogens with zero attached hydrogens (tertiary/aromatic N) is 3. The van der Waals surface area contributed by atoms with Gasteiger partial charge in [-0.2, -0.15) is 0 Å². The highest BCUT2D eigenvalue weighted by Gasteiger charge is 2.11. The Hall–Kier alpha value is -2.20. The standard InChI is InChI=1S/C18H21N3O/c1-14-7-9-15(10-8-14)13-21-17(6-4-12-22-2)20-16-5-3-11-19-18(16)21/h3,5,7-11H,4,6,12-13H2,1-2H3. The molecule has 0 atom stereocenters. The fourth-order valence-electron chi connectivity index (χ4n) is 2.61. The molecule has 3 aromatic rings. The van der Waals surface area contributed by atoms with Gasteiger partial charge >= 0.3 is 0 Å². The van der Waals surface area contributed by atoms with Gasteiger partial charge in [-0.05, 0) is 31.0 Å². The van der Waals surface area contributed by atoms with Crippen LogP contribution < -0.4 is 0 Å². The number of aryl methyl sites for hydroxylation is 2. The van der Waals surface area contributed by atoms with Crippen LogP contribution >= 0.6 is 0 Å². The van der Waals surface area contributed by atoms with E-state index in [-0.39, 0.29) is 0 Å². The molecule has 0 radical (unpaired) electrons. The monoisotopic (exact) mass is 295 g/mol. The van der Waals surface area contributed by atoms with E-state index in [4.69, 9.17) is 9.72 Å². The molecule has 114 valence electrons. The zero-order valence-electron chi connectivity index (χ0n) is 13.1. The molecule has 1 aromatic carbocycles. The van der Waals surface area contributed by atoms with E-state index in [9.17, 15) is 0 Å². The van der Waals surface area contributed by atoms with Crippen molar-refractivity contribution in [1.29, 1.82) is 0 Å². The minimum absolute atomic E-state index is 0.751. The normalized spacial score (nSPS) is 11.2. The predicted molar refractivity (Wildman–Crippen MR) is 88.0 cm³/mol. The first-order valence-corrected chi connectivity index (χ1v) is 7.62. The highest BCUT2D eigenvalue weighted by Crippen LogP contribution is 2.17. The lowest BCUT2D eigenvalue weighted by Crippen LogP contribution is -2.07. The van der Waals surface area contributed by atoms with Crippen LogP contribution in [0.15, 0.2) is 42.6 Å². The van der Waals surface area contributed by atoms with Crippen LogP contribution in [0.2, 0.25) is 0 Å². The van der Waals surface area contributed by atoms with Crippen molar-refractivity contribution in [2.45, 2.75) is 26.3 Å². The van der Waals surface area contributed by atoms with Gasteiger partial charge in [-0.3, -0.25) is 0 Å². The summed E-state index contributed by atoms with van der Waals surface area (Å²) >= 11 is 0. The molecule has 0 saturated heterocycles. The zero-order chi connectivity index (χ0) is 15.4. The van der Waals surface area contributed by atoms with Crippen molar-refractivity contribution < 1.29 is 4.74 Å². The number of hydrogen-bond donors (Lipinski definition) is 0. The van der Waals surface area contributed by atoms with Crippen molar-refractivity contribution in [3.8, 4) is 0 Å². The van der Waals surface area contributed by atoms with E-state index in [0.717, 1.165) is 43.0 Å². The van der Waals surface area contributed by atoms with Gasteiger partial charge in [0, 0.05) is 26.3 Å². The summed E-state index contributed by atoms with van der Waals surface area (Å²) in [5, 5.41) is 0. The number of ether oxygens (including phenoxy) is 1. The fourth-order valence-corrected chi connectivity index (χ4v) is 2.61. The van der Waals surface area contributed by atoms with Crippen molar-refractivity contribution in [3.63, 3.8) is 0 Å². The van der Waals surface area contributed by atoms with E-state index in [1.54, 1.807) is 7.11 Å². The van der Waals surface area contributed by atoms with Gasteiger partial charge in [-0.1, -0.05) is 29.8 Å². The lowest BCUT2D eigenvalue weighted by molar-refractivity contribution is 0.194. The number of imidazole rings is 1. The second-order valence-corrected chi connectivity index (χ2v) is 5.54. The highest BCUT2D eigenvalue weighted by atomic mass is 16.5. The van der Waals surface area contributed by atoms with Gasteiger partial charge in [0.05, 0.1) is 6.54 Å². The van der Waals surface area contributed by atoms with Gasteiger partial charge in [-0.25, -0.2) is 9.97 Å². The first-order chi connectivity index (χ1) is 10.8. The largest absolute Gasteiger partial charge is 0.385 e. The second-order valence-electron chi connectivity index (χ2n) is 5.54. The minimum atomic E-state index is 0.751. The van der Waals surface area contributed by atoms with E-state index >= 15 is 0 Å². The molecule has 0 aliphatic rings. The third-order valence-electron chi connectivity index (χ3n) is 3.79. The number of rotatable bonds is 6. The van der Waals surface area contributed by atoms with Crippen molar-refractivity contribution in [2.24, 2.45) is 0 Å². The summed E-state index contributed by atoms with van der Waals surface area (Å²) in [4.78, 5) is 9.26. The number of pyridine rings is 1. The Kier molecular flexibility index (Phi) is 4.49. The molecule has 0 N–H and O–H groups in total. The molecule has 22 heavy (non-hydrogen) atoms. The minimum Gasteiger partial charge on any atom is -0.385 e. The molecule has 2 aromatic heterocycles. The summed E-state index contributed by atoms with van der Waals surface area (Å²) in [5.41, 5.74) is 4.46. The van der Waals surface area contributed by atoms with Crippen LogP contribution in [0.5, 0.6) is 0 Å². The molecule has 0 unspecified atom stereocenters. The third-order valence-corrected chi connectivity index (χ3v) is 3.79. The molecular formula is C18H21N3O. The summed E-state index contributed by atoms with van der Waals surface area (Å²) in [6.45, 7) is 3.66. The lowest BCUT2D eigenvalue weighted by Gasteiger charge is -2.09. The molecule has 4 heteroatoms. The molecule has 0 spiro atoms. The van der Waals surface area contributed by atoms with E-state index in [0.29, 0.717) is 0 Å². The summed E-state index contributed by atoms with van der Waals surface area (Å²) in [6, 6.07) is 12.6. The predicted octanol–water partition coefficient (Wildman–Crippen LogP) is 3.37. The smallest absolute Gasteiger partial charge is 0.160 e. The number of methoxy groups -OCH3 is 1. The molecule has 0 bridgehead atoms. The van der Waals surface area contributed by atoms with Crippen LogP contribution in [-0.4, -0.2) is 28.3 Å². The first kappa shape index (κ1) is 14.7. The SMILES string of the molecule is COCCCc1nc2cccnc2n1Cc1ccc(C)cc1. The second kappa shape index (κ2) is 6.71. The highest BCUT2D eigenvalue weighted by molar-refractivity contribution is 5.71. The Labute approximate surface area is 130 Å². The molecule has 4 nitrogen and oxygen atoms in total. The maximum Gasteiger partial charge on any atom is 0.160 e. The number of hydrogen-bond acceptors (Lipinski definition) is 3. The van der Waals surface area contributed by atoms with Crippen molar-refractivity contribution in [2.75, 3.05) is 13.7 Å². The van der Waals surface area contributed by atoms with Gasteiger partial charge in [0.1, 0.15) is 11.3 Å². The van der Waals surface area contributed by atoms with E-state index < -0.39 is 0 Å². The molecule has 0 amide bonds. The lowest BCUT2D eigenvalue weighted by atomic mass is 10.1. The number of fused-ring (bicyclic) bond motifs is 1. The van der Waals surface area contributed by atoms with E-state index in [1.165, 1.54) is 11.1 Å². The van der Waals surface area contributed by atoms with E-state index in [1.807, 2.05) is 18.3 Å². The maximum atomic E-state index is 5.16. The number of aromatic nitrogens is 3.